The quantitative estimate of drug-likeness (QED) is 0.164. The summed E-state index contributed by atoms with van der Waals surface area (Å²) in [6.07, 6.45) is 24.1. The van der Waals surface area contributed by atoms with E-state index in [0.717, 1.165) is 127 Å². The number of nitrogens with one attached hydrogen (secondary N) is 1. The number of unbranched alkanes of at least 4 members (excludes halogenated alkanes) is 1. The summed E-state index contributed by atoms with van der Waals surface area (Å²) in [6.45, 7) is 12.1. The van der Waals surface area contributed by atoms with Crippen molar-refractivity contribution in [1.29, 1.82) is 0 Å². The highest BCUT2D eigenvalue weighted by Crippen LogP contribution is 2.72. The third-order valence-corrected chi connectivity index (χ3v) is 19.8. The Labute approximate surface area is 373 Å². The molecule has 10 rings (SSSR count). The first-order valence-electron chi connectivity index (χ1n) is 24.7. The maximum Gasteiger partial charge on any atom is 0.407 e. The van der Waals surface area contributed by atoms with E-state index >= 15 is 0 Å². The molecule has 0 spiro atoms. The normalized spacial score (nSPS) is 43.5. The summed E-state index contributed by atoms with van der Waals surface area (Å²) in [5.41, 5.74) is 2.70. The fourth-order valence-electron chi connectivity index (χ4n) is 16.2. The Bertz CT molecular complexity index is 2190. The van der Waals surface area contributed by atoms with Crippen LogP contribution < -0.4 is 16.6 Å². The molecule has 4 N–H and O–H groups in total. The lowest BCUT2D eigenvalue weighted by atomic mass is 9.45. The standard InChI is InChI=1S/C29H41NO5.C24H32O4/c1-4-5-16-30-26(32)35-21-10-13-27(2)20(17-21)7-8-24-23(27)11-14-28(3)22(12-15-29(24,28)33)19-6-9-25(31)34-18-19;1-22-10-7-17(25)13-16(22)4-5-20-19(22)8-11-23(2)18(9-12-24(20,23)27)15-3-6-21(26)28-14-15/h6,9,17-18,21-24,33H,4-5,7-8,10-16H2,1-3H3,(H,30,32);3,6,13-14,17-20,25,27H,4-5,7-12H2,1-2H3/t21?,22-,23?,24?,27+,28-,29+;17-,18+,19?,20?,22-,23+,24-/m10/s1. The highest BCUT2D eigenvalue weighted by atomic mass is 16.6. The molecule has 10 heteroatoms. The van der Waals surface area contributed by atoms with Gasteiger partial charge in [-0.05, 0) is 185 Å². The highest BCUT2D eigenvalue weighted by molar-refractivity contribution is 5.67. The second-order valence-corrected chi connectivity index (χ2v) is 22.3. The number of alkyl carbamates (subject to hydrolysis) is 1. The molecule has 6 saturated carbocycles. The van der Waals surface area contributed by atoms with Gasteiger partial charge in [0.05, 0.1) is 29.8 Å². The summed E-state index contributed by atoms with van der Waals surface area (Å²) in [4.78, 5) is 35.1. The molecule has 2 aromatic rings. The third kappa shape index (κ3) is 7.17. The van der Waals surface area contributed by atoms with E-state index in [1.165, 1.54) is 23.3 Å². The van der Waals surface area contributed by atoms with Gasteiger partial charge < -0.3 is 34.2 Å². The minimum absolute atomic E-state index is 0.0517. The number of carbonyl (C=O) groups is 1. The van der Waals surface area contributed by atoms with E-state index < -0.39 is 11.2 Å². The number of hydrogen-bond acceptors (Lipinski definition) is 9. The van der Waals surface area contributed by atoms with Gasteiger partial charge in [0.15, 0.2) is 0 Å². The number of amides is 1. The van der Waals surface area contributed by atoms with Crippen LogP contribution in [0.2, 0.25) is 0 Å². The molecule has 5 unspecified atom stereocenters. The molecule has 2 heterocycles. The lowest BCUT2D eigenvalue weighted by molar-refractivity contribution is -0.178. The smallest absolute Gasteiger partial charge is 0.407 e. The van der Waals surface area contributed by atoms with Gasteiger partial charge in [-0.25, -0.2) is 14.4 Å². The van der Waals surface area contributed by atoms with Crippen molar-refractivity contribution < 1.29 is 33.7 Å². The fraction of sp³-hybridized carbons (Fsp3) is 0.717. The number of hydrogen-bond donors (Lipinski definition) is 4. The van der Waals surface area contributed by atoms with Gasteiger partial charge in [-0.2, -0.15) is 0 Å². The molecule has 2 aromatic heterocycles. The zero-order valence-corrected chi connectivity index (χ0v) is 38.5. The Morgan fingerprint density at radius 2 is 1.17 bits per heavy atom. The summed E-state index contributed by atoms with van der Waals surface area (Å²) in [5.74, 6) is 1.94. The monoisotopic (exact) mass is 868 g/mol. The van der Waals surface area contributed by atoms with Crippen LogP contribution in [0.25, 0.3) is 0 Å². The topological polar surface area (TPSA) is 159 Å². The number of rotatable bonds is 6. The van der Waals surface area contributed by atoms with Crippen LogP contribution >= 0.6 is 0 Å². The number of aliphatic hydroxyl groups is 3. The average Bonchev–Trinajstić information content (AvgIpc) is 3.71. The molecule has 14 atom stereocenters. The number of ether oxygens (including phenoxy) is 1. The first-order valence-corrected chi connectivity index (χ1v) is 24.7. The van der Waals surface area contributed by atoms with Crippen molar-refractivity contribution in [3.63, 3.8) is 0 Å². The molecular weight excluding hydrogens is 795 g/mol. The molecule has 63 heavy (non-hydrogen) atoms. The maximum atomic E-state index is 12.3. The molecule has 8 aliphatic rings. The van der Waals surface area contributed by atoms with Crippen LogP contribution in [0.3, 0.4) is 0 Å². The third-order valence-electron chi connectivity index (χ3n) is 19.8. The second-order valence-electron chi connectivity index (χ2n) is 22.3. The zero-order valence-electron chi connectivity index (χ0n) is 38.5. The summed E-state index contributed by atoms with van der Waals surface area (Å²) >= 11 is 0. The van der Waals surface area contributed by atoms with Crippen molar-refractivity contribution in [2.75, 3.05) is 6.54 Å². The van der Waals surface area contributed by atoms with Crippen molar-refractivity contribution in [1.82, 2.24) is 5.32 Å². The van der Waals surface area contributed by atoms with Crippen LogP contribution in [-0.2, 0) is 4.74 Å². The molecule has 0 aromatic carbocycles. The molecule has 10 nitrogen and oxygen atoms in total. The lowest BCUT2D eigenvalue weighted by Gasteiger charge is -2.61. The SMILES string of the molecule is CCCCNC(=O)OC1C=C2CCC3C(CC[C@]4(C)[C@@H](c5ccc(=O)oc5)CC[C@]34O)[C@@]2(C)CC1.C[C@]12CC[C@H](O)C=C1CCC1C2CC[C@]2(C)[C@@H](c3ccc(=O)oc3)CC[C@]12O. The Morgan fingerprint density at radius 1 is 0.667 bits per heavy atom. The first kappa shape index (κ1) is 44.7. The number of fused-ring (bicyclic) bond motifs is 10. The minimum atomic E-state index is -0.711. The van der Waals surface area contributed by atoms with E-state index in [1.54, 1.807) is 12.5 Å². The summed E-state index contributed by atoms with van der Waals surface area (Å²) in [7, 11) is 0. The molecule has 0 radical (unpaired) electrons. The van der Waals surface area contributed by atoms with Crippen molar-refractivity contribution in [3.8, 4) is 0 Å². The fourth-order valence-corrected chi connectivity index (χ4v) is 16.2. The van der Waals surface area contributed by atoms with Crippen LogP contribution in [-0.4, -0.2) is 51.4 Å². The van der Waals surface area contributed by atoms with Gasteiger partial charge in [0.2, 0.25) is 0 Å². The summed E-state index contributed by atoms with van der Waals surface area (Å²) < 4.78 is 16.1. The second kappa shape index (κ2) is 16.4. The van der Waals surface area contributed by atoms with E-state index in [-0.39, 0.29) is 69.0 Å². The van der Waals surface area contributed by atoms with Gasteiger partial charge in [-0.15, -0.1) is 0 Å². The van der Waals surface area contributed by atoms with Gasteiger partial charge in [0.1, 0.15) is 6.10 Å². The maximum absolute atomic E-state index is 12.3. The summed E-state index contributed by atoms with van der Waals surface area (Å²) in [6, 6.07) is 6.80. The van der Waals surface area contributed by atoms with Crippen molar-refractivity contribution >= 4 is 6.09 Å². The minimum Gasteiger partial charge on any atom is -0.442 e. The Morgan fingerprint density at radius 3 is 1.67 bits per heavy atom. The van der Waals surface area contributed by atoms with Gasteiger partial charge in [-0.3, -0.25) is 0 Å². The Hall–Kier alpha value is -3.47. The van der Waals surface area contributed by atoms with Gasteiger partial charge in [-0.1, -0.05) is 58.3 Å². The van der Waals surface area contributed by atoms with Crippen molar-refractivity contribution in [2.24, 2.45) is 45.3 Å². The molecule has 0 bridgehead atoms. The predicted molar refractivity (Wildman–Crippen MR) is 241 cm³/mol. The number of allylic oxidation sites excluding steroid dienone is 2. The number of aliphatic hydroxyl groups excluding tert-OH is 1. The molecule has 344 valence electrons. The lowest BCUT2D eigenvalue weighted by Crippen LogP contribution is -2.60. The first-order chi connectivity index (χ1) is 30.0. The Kier molecular flexibility index (Phi) is 11.7. The average molecular weight is 868 g/mol. The molecule has 0 aliphatic heterocycles. The van der Waals surface area contributed by atoms with E-state index in [0.29, 0.717) is 24.3 Å². The van der Waals surface area contributed by atoms with Gasteiger partial charge in [0.25, 0.3) is 0 Å². The van der Waals surface area contributed by atoms with Crippen LogP contribution in [0.15, 0.2) is 78.5 Å². The van der Waals surface area contributed by atoms with Crippen LogP contribution in [0.1, 0.15) is 173 Å². The molecule has 6 fully saturated rings. The highest BCUT2D eigenvalue weighted by Gasteiger charge is 2.68. The van der Waals surface area contributed by atoms with Gasteiger partial charge >= 0.3 is 17.3 Å². The summed E-state index contributed by atoms with van der Waals surface area (Å²) in [5, 5.41) is 37.5. The van der Waals surface area contributed by atoms with Gasteiger partial charge in [0, 0.05) is 29.5 Å². The zero-order chi connectivity index (χ0) is 44.6. The molecule has 1 amide bonds. The van der Waals surface area contributed by atoms with Crippen LogP contribution in [0.4, 0.5) is 4.79 Å². The van der Waals surface area contributed by atoms with Crippen molar-refractivity contribution in [2.45, 2.75) is 185 Å². The van der Waals surface area contributed by atoms with E-state index in [2.05, 4.69) is 52.1 Å². The Balaban J connectivity index is 0.000000164. The van der Waals surface area contributed by atoms with Crippen LogP contribution in [0, 0.1) is 45.3 Å². The molecular formula is C53H73NO9. The molecule has 0 saturated heterocycles. The van der Waals surface area contributed by atoms with Crippen LogP contribution in [0.5, 0.6) is 0 Å². The predicted octanol–water partition coefficient (Wildman–Crippen LogP) is 9.86. The van der Waals surface area contributed by atoms with E-state index in [9.17, 15) is 29.7 Å². The number of carbonyl (C=O) groups excluding carboxylic acids is 1. The molecule has 8 aliphatic carbocycles. The van der Waals surface area contributed by atoms with Crippen molar-refractivity contribution in [3.05, 3.63) is 92.1 Å². The van der Waals surface area contributed by atoms with E-state index in [4.69, 9.17) is 13.6 Å². The largest absolute Gasteiger partial charge is 0.442 e. The van der Waals surface area contributed by atoms with E-state index in [1.807, 2.05) is 12.1 Å².